The van der Waals surface area contributed by atoms with Crippen LogP contribution in [0.1, 0.15) is 11.1 Å². The summed E-state index contributed by atoms with van der Waals surface area (Å²) in [5, 5.41) is 9.90. The van der Waals surface area contributed by atoms with Crippen LogP contribution >= 0.6 is 23.2 Å². The number of anilines is 2. The lowest BCUT2D eigenvalue weighted by atomic mass is 10.0. The molecule has 6 N–H and O–H groups in total. The lowest BCUT2D eigenvalue weighted by molar-refractivity contribution is 0.387. The number of rotatable bonds is 4. The number of nitrogens with two attached hydrogens (primary N) is 2. The third kappa shape index (κ3) is 4.32. The van der Waals surface area contributed by atoms with Gasteiger partial charge in [0.1, 0.15) is 5.75 Å². The van der Waals surface area contributed by atoms with E-state index in [0.29, 0.717) is 11.1 Å². The number of nitrogen functional groups attached to an aromatic ring is 2. The van der Waals surface area contributed by atoms with Crippen molar-refractivity contribution in [1.82, 2.24) is 0 Å². The first kappa shape index (κ1) is 17.5. The van der Waals surface area contributed by atoms with Gasteiger partial charge >= 0.3 is 10.4 Å². The van der Waals surface area contributed by atoms with Crippen molar-refractivity contribution < 1.29 is 22.3 Å². The second kappa shape index (κ2) is 6.32. The minimum absolute atomic E-state index is 0.0481. The first-order chi connectivity index (χ1) is 10.6. The van der Waals surface area contributed by atoms with Gasteiger partial charge in [0.25, 0.3) is 0 Å². The molecule has 7 nitrogen and oxygen atoms in total. The zero-order chi connectivity index (χ0) is 17.4. The van der Waals surface area contributed by atoms with E-state index in [4.69, 9.17) is 39.2 Å². The second-order valence-electron chi connectivity index (χ2n) is 4.69. The van der Waals surface area contributed by atoms with E-state index in [1.807, 2.05) is 0 Å². The number of phenols is 1. The van der Waals surface area contributed by atoms with Gasteiger partial charge in [-0.25, -0.2) is 0 Å². The first-order valence-corrected chi connectivity index (χ1v) is 8.20. The van der Waals surface area contributed by atoms with Gasteiger partial charge in [0, 0.05) is 0 Å². The molecule has 0 heterocycles. The molecule has 0 aliphatic carbocycles. The Balaban J connectivity index is 2.41. The molecule has 0 amide bonds. The molecule has 0 saturated carbocycles. The Hall–Kier alpha value is -1.87. The maximum Gasteiger partial charge on any atom is 0.446 e. The van der Waals surface area contributed by atoms with Crippen molar-refractivity contribution in [2.75, 3.05) is 11.5 Å². The van der Waals surface area contributed by atoms with Crippen molar-refractivity contribution in [3.05, 3.63) is 45.4 Å². The number of aromatic hydroxyl groups is 1. The smallest absolute Gasteiger partial charge is 0.446 e. The Bertz CT molecular complexity index is 848. The van der Waals surface area contributed by atoms with E-state index >= 15 is 0 Å². The molecule has 124 valence electrons. The van der Waals surface area contributed by atoms with Gasteiger partial charge in [-0.2, -0.15) is 8.42 Å². The molecule has 0 fully saturated rings. The molecule has 10 heteroatoms. The standard InChI is InChI=1S/C13H12Cl2N2O5S/c14-8-2-6(4-10(18)12(8)16)1-7-3-9(15)13(17)11(5-7)22-23(19,20)21/h2-5,18H,1,16-17H2,(H,19,20,21). The topological polar surface area (TPSA) is 136 Å². The number of hydrogen-bond donors (Lipinski definition) is 4. The summed E-state index contributed by atoms with van der Waals surface area (Å²) in [5.74, 6) is -0.482. The Morgan fingerprint density at radius 2 is 1.52 bits per heavy atom. The van der Waals surface area contributed by atoms with Gasteiger partial charge in [0.05, 0.1) is 21.4 Å². The van der Waals surface area contributed by atoms with Crippen LogP contribution in [0.15, 0.2) is 24.3 Å². The monoisotopic (exact) mass is 378 g/mol. The predicted octanol–water partition coefficient (Wildman–Crippen LogP) is 2.64. The Morgan fingerprint density at radius 3 is 2.04 bits per heavy atom. The Morgan fingerprint density at radius 1 is 1.00 bits per heavy atom. The molecule has 0 unspecified atom stereocenters. The fourth-order valence-electron chi connectivity index (χ4n) is 1.93. The fourth-order valence-corrected chi connectivity index (χ4v) is 2.76. The van der Waals surface area contributed by atoms with Crippen LogP contribution in [0.2, 0.25) is 10.0 Å². The van der Waals surface area contributed by atoms with Crippen molar-refractivity contribution in [1.29, 1.82) is 0 Å². The van der Waals surface area contributed by atoms with E-state index in [9.17, 15) is 13.5 Å². The van der Waals surface area contributed by atoms with Gasteiger partial charge in [-0.1, -0.05) is 23.2 Å². The Kier molecular flexibility index (Phi) is 4.81. The number of halogens is 2. The van der Waals surface area contributed by atoms with Gasteiger partial charge < -0.3 is 20.8 Å². The molecular weight excluding hydrogens is 367 g/mol. The maximum absolute atomic E-state index is 10.8. The van der Waals surface area contributed by atoms with Crippen molar-refractivity contribution in [3.8, 4) is 11.5 Å². The van der Waals surface area contributed by atoms with E-state index in [-0.39, 0.29) is 39.3 Å². The lowest BCUT2D eigenvalue weighted by Gasteiger charge is -2.11. The van der Waals surface area contributed by atoms with Gasteiger partial charge in [-0.05, 0) is 41.8 Å². The molecule has 0 bridgehead atoms. The van der Waals surface area contributed by atoms with E-state index in [0.717, 1.165) is 0 Å². The third-order valence-corrected chi connectivity index (χ3v) is 3.94. The molecule has 0 aromatic heterocycles. The predicted molar refractivity (Wildman–Crippen MR) is 88.4 cm³/mol. The van der Waals surface area contributed by atoms with Crippen LogP contribution in [-0.4, -0.2) is 18.1 Å². The van der Waals surface area contributed by atoms with Crippen LogP contribution in [0.4, 0.5) is 11.4 Å². The summed E-state index contributed by atoms with van der Waals surface area (Å²) in [5.41, 5.74) is 12.2. The Labute approximate surface area is 142 Å². The van der Waals surface area contributed by atoms with E-state index in [2.05, 4.69) is 4.18 Å². The summed E-state index contributed by atoms with van der Waals surface area (Å²) in [6.07, 6.45) is 0.232. The zero-order valence-corrected chi connectivity index (χ0v) is 13.8. The highest BCUT2D eigenvalue weighted by atomic mass is 35.5. The molecule has 23 heavy (non-hydrogen) atoms. The molecule has 2 rings (SSSR count). The van der Waals surface area contributed by atoms with E-state index in [1.165, 1.54) is 18.2 Å². The molecule has 0 saturated heterocycles. The fraction of sp³-hybridized carbons (Fsp3) is 0.0769. The lowest BCUT2D eigenvalue weighted by Crippen LogP contribution is -2.09. The summed E-state index contributed by atoms with van der Waals surface area (Å²) in [7, 11) is -4.74. The molecule has 2 aromatic carbocycles. The van der Waals surface area contributed by atoms with Crippen molar-refractivity contribution in [2.24, 2.45) is 0 Å². The van der Waals surface area contributed by atoms with Gasteiger partial charge in [0.2, 0.25) is 0 Å². The minimum atomic E-state index is -4.74. The summed E-state index contributed by atoms with van der Waals surface area (Å²) in [6.45, 7) is 0. The average molecular weight is 379 g/mol. The van der Waals surface area contributed by atoms with Gasteiger partial charge in [-0.15, -0.1) is 0 Å². The van der Waals surface area contributed by atoms with Crippen LogP contribution in [0.25, 0.3) is 0 Å². The SMILES string of the molecule is Nc1c(O)cc(Cc2cc(Cl)c(N)c(OS(=O)(=O)O)c2)cc1Cl. The van der Waals surface area contributed by atoms with Crippen molar-refractivity contribution in [3.63, 3.8) is 0 Å². The highest BCUT2D eigenvalue weighted by Gasteiger charge is 2.15. The molecule has 0 radical (unpaired) electrons. The van der Waals surface area contributed by atoms with Crippen LogP contribution in [-0.2, 0) is 16.8 Å². The average Bonchev–Trinajstić information content (AvgIpc) is 2.40. The number of hydrogen-bond acceptors (Lipinski definition) is 6. The quantitative estimate of drug-likeness (QED) is 0.364. The number of benzene rings is 2. The molecule has 0 aliphatic rings. The van der Waals surface area contributed by atoms with Gasteiger partial charge in [-0.3, -0.25) is 4.55 Å². The second-order valence-corrected chi connectivity index (χ2v) is 6.52. The first-order valence-electron chi connectivity index (χ1n) is 6.08. The highest BCUT2D eigenvalue weighted by molar-refractivity contribution is 7.81. The minimum Gasteiger partial charge on any atom is -0.506 e. The molecular formula is C13H12Cl2N2O5S. The summed E-state index contributed by atoms with van der Waals surface area (Å²) < 4.78 is 34.8. The van der Waals surface area contributed by atoms with Crippen LogP contribution in [0.5, 0.6) is 11.5 Å². The number of phenolic OH excluding ortho intramolecular Hbond substituents is 1. The van der Waals surface area contributed by atoms with Crippen LogP contribution in [0.3, 0.4) is 0 Å². The summed E-state index contributed by atoms with van der Waals surface area (Å²) in [4.78, 5) is 0. The van der Waals surface area contributed by atoms with Crippen molar-refractivity contribution >= 4 is 45.0 Å². The van der Waals surface area contributed by atoms with Gasteiger partial charge in [0.15, 0.2) is 5.75 Å². The zero-order valence-electron chi connectivity index (χ0n) is 11.5. The van der Waals surface area contributed by atoms with Crippen molar-refractivity contribution in [2.45, 2.75) is 6.42 Å². The molecule has 0 spiro atoms. The summed E-state index contributed by atoms with van der Waals surface area (Å²) in [6, 6.07) is 5.75. The van der Waals surface area contributed by atoms with E-state index < -0.39 is 10.4 Å². The normalized spacial score (nSPS) is 11.4. The molecule has 0 aliphatic heterocycles. The maximum atomic E-state index is 10.8. The highest BCUT2D eigenvalue weighted by Crippen LogP contribution is 2.35. The third-order valence-electron chi connectivity index (χ3n) is 2.92. The van der Waals surface area contributed by atoms with Crippen LogP contribution in [0, 0.1) is 0 Å². The van der Waals surface area contributed by atoms with Crippen LogP contribution < -0.4 is 15.7 Å². The molecule has 2 aromatic rings. The summed E-state index contributed by atoms with van der Waals surface area (Å²) >= 11 is 11.8. The molecule has 0 atom stereocenters. The largest absolute Gasteiger partial charge is 0.506 e. The van der Waals surface area contributed by atoms with E-state index in [1.54, 1.807) is 6.07 Å².